The van der Waals surface area contributed by atoms with Gasteiger partial charge in [0, 0.05) is 6.20 Å². The lowest BCUT2D eigenvalue weighted by molar-refractivity contribution is 0.0929. The van der Waals surface area contributed by atoms with Crippen LogP contribution in [-0.4, -0.2) is 4.98 Å². The van der Waals surface area contributed by atoms with Crippen LogP contribution in [0.15, 0.2) is 41.1 Å². The van der Waals surface area contributed by atoms with Crippen LogP contribution in [0.5, 0.6) is 0 Å². The minimum Gasteiger partial charge on any atom is -0.467 e. The molecule has 4 heteroatoms. The summed E-state index contributed by atoms with van der Waals surface area (Å²) in [5.41, 5.74) is 1.33. The molecule has 0 saturated heterocycles. The summed E-state index contributed by atoms with van der Waals surface area (Å²) in [7, 11) is 0. The minimum absolute atomic E-state index is 0.402. The average Bonchev–Trinajstić information content (AvgIpc) is 2.82. The van der Waals surface area contributed by atoms with Gasteiger partial charge in [-0.1, -0.05) is 0 Å². The quantitative estimate of drug-likeness (QED) is 0.783. The van der Waals surface area contributed by atoms with Crippen LogP contribution in [0.2, 0.25) is 0 Å². The van der Waals surface area contributed by atoms with Gasteiger partial charge < -0.3 is 9.15 Å². The lowest BCUT2D eigenvalue weighted by Gasteiger charge is -2.02. The zero-order chi connectivity index (χ0) is 11.2. The van der Waals surface area contributed by atoms with Crippen molar-refractivity contribution in [2.24, 2.45) is 0 Å². The molecular formula is C12H10N2O2. The normalized spacial score (nSPS) is 9.94. The van der Waals surface area contributed by atoms with Crippen molar-refractivity contribution in [2.45, 2.75) is 13.2 Å². The second-order valence-corrected chi connectivity index (χ2v) is 3.23. The van der Waals surface area contributed by atoms with Gasteiger partial charge in [0.15, 0.2) is 0 Å². The molecule has 0 spiro atoms. The molecule has 0 unspecified atom stereocenters. The van der Waals surface area contributed by atoms with Crippen LogP contribution in [0.1, 0.15) is 17.0 Å². The number of nitriles is 1. The Morgan fingerprint density at radius 1 is 1.38 bits per heavy atom. The monoisotopic (exact) mass is 214 g/mol. The first-order valence-electron chi connectivity index (χ1n) is 4.83. The standard InChI is InChI=1S/C12H10N2O2/c13-7-11-6-10(3-4-14-11)8-15-9-12-2-1-5-16-12/h1-6H,8-9H2. The Balaban J connectivity index is 1.88. The summed E-state index contributed by atoms with van der Waals surface area (Å²) >= 11 is 0. The van der Waals surface area contributed by atoms with Crippen molar-refractivity contribution >= 4 is 0 Å². The van der Waals surface area contributed by atoms with Gasteiger partial charge >= 0.3 is 0 Å². The number of pyridine rings is 1. The summed E-state index contributed by atoms with van der Waals surface area (Å²) in [6.07, 6.45) is 3.21. The predicted molar refractivity (Wildman–Crippen MR) is 56.2 cm³/mol. The van der Waals surface area contributed by atoms with Gasteiger partial charge in [-0.05, 0) is 29.8 Å². The molecule has 16 heavy (non-hydrogen) atoms. The topological polar surface area (TPSA) is 59.0 Å². The molecule has 0 aliphatic heterocycles. The van der Waals surface area contributed by atoms with Gasteiger partial charge in [-0.15, -0.1) is 0 Å². The molecule has 2 heterocycles. The lowest BCUT2D eigenvalue weighted by atomic mass is 10.2. The van der Waals surface area contributed by atoms with E-state index in [1.165, 1.54) is 0 Å². The molecule has 0 aliphatic rings. The summed E-state index contributed by atoms with van der Waals surface area (Å²) in [5, 5.41) is 8.67. The number of ether oxygens (including phenoxy) is 1. The van der Waals surface area contributed by atoms with E-state index in [2.05, 4.69) is 4.98 Å². The van der Waals surface area contributed by atoms with E-state index in [0.717, 1.165) is 11.3 Å². The molecule has 0 saturated carbocycles. The number of aromatic nitrogens is 1. The smallest absolute Gasteiger partial charge is 0.140 e. The fourth-order valence-corrected chi connectivity index (χ4v) is 1.29. The van der Waals surface area contributed by atoms with E-state index in [1.54, 1.807) is 18.5 Å². The van der Waals surface area contributed by atoms with E-state index in [4.69, 9.17) is 14.4 Å². The van der Waals surface area contributed by atoms with E-state index in [-0.39, 0.29) is 0 Å². The van der Waals surface area contributed by atoms with Gasteiger partial charge in [-0.25, -0.2) is 4.98 Å². The highest BCUT2D eigenvalue weighted by atomic mass is 16.5. The SMILES string of the molecule is N#Cc1cc(COCc2ccco2)ccn1. The van der Waals surface area contributed by atoms with Crippen LogP contribution in [0.25, 0.3) is 0 Å². The Labute approximate surface area is 93.1 Å². The molecule has 0 aliphatic carbocycles. The summed E-state index contributed by atoms with van der Waals surface area (Å²) in [6.45, 7) is 0.870. The van der Waals surface area contributed by atoms with Crippen LogP contribution in [0.3, 0.4) is 0 Å². The van der Waals surface area contributed by atoms with E-state index in [0.29, 0.717) is 18.9 Å². The fourth-order valence-electron chi connectivity index (χ4n) is 1.29. The third-order valence-electron chi connectivity index (χ3n) is 2.03. The van der Waals surface area contributed by atoms with Crippen molar-refractivity contribution in [3.05, 3.63) is 53.7 Å². The molecule has 2 rings (SSSR count). The maximum absolute atomic E-state index is 8.67. The van der Waals surface area contributed by atoms with Crippen molar-refractivity contribution in [1.29, 1.82) is 5.26 Å². The maximum Gasteiger partial charge on any atom is 0.140 e. The fraction of sp³-hybridized carbons (Fsp3) is 0.167. The highest BCUT2D eigenvalue weighted by molar-refractivity contribution is 5.24. The Morgan fingerprint density at radius 3 is 3.06 bits per heavy atom. The highest BCUT2D eigenvalue weighted by Crippen LogP contribution is 2.06. The number of furan rings is 1. The van der Waals surface area contributed by atoms with E-state index >= 15 is 0 Å². The molecule has 0 aromatic carbocycles. The van der Waals surface area contributed by atoms with Gasteiger partial charge in [-0.2, -0.15) is 5.26 Å². The van der Waals surface area contributed by atoms with Crippen molar-refractivity contribution < 1.29 is 9.15 Å². The van der Waals surface area contributed by atoms with Crippen LogP contribution in [-0.2, 0) is 18.0 Å². The molecule has 0 amide bonds. The van der Waals surface area contributed by atoms with Gasteiger partial charge in [-0.3, -0.25) is 0 Å². The largest absolute Gasteiger partial charge is 0.467 e. The van der Waals surface area contributed by atoms with Crippen molar-refractivity contribution in [2.75, 3.05) is 0 Å². The Bertz CT molecular complexity index is 486. The maximum atomic E-state index is 8.67. The highest BCUT2D eigenvalue weighted by Gasteiger charge is 1.98. The zero-order valence-corrected chi connectivity index (χ0v) is 8.59. The zero-order valence-electron chi connectivity index (χ0n) is 8.59. The van der Waals surface area contributed by atoms with Gasteiger partial charge in [0.2, 0.25) is 0 Å². The van der Waals surface area contributed by atoms with E-state index in [1.807, 2.05) is 24.3 Å². The summed E-state index contributed by atoms with van der Waals surface area (Å²) in [4.78, 5) is 3.88. The van der Waals surface area contributed by atoms with Crippen LogP contribution in [0, 0.1) is 11.3 Å². The molecule has 0 bridgehead atoms. The molecule has 2 aromatic rings. The van der Waals surface area contributed by atoms with Crippen molar-refractivity contribution in [3.63, 3.8) is 0 Å². The number of nitrogens with zero attached hydrogens (tertiary/aromatic N) is 2. The summed E-state index contributed by atoms with van der Waals surface area (Å²) in [5.74, 6) is 0.787. The van der Waals surface area contributed by atoms with Crippen molar-refractivity contribution in [1.82, 2.24) is 4.98 Å². The molecule has 2 aromatic heterocycles. The molecule has 0 N–H and O–H groups in total. The first-order valence-corrected chi connectivity index (χ1v) is 4.83. The molecule has 4 nitrogen and oxygen atoms in total. The van der Waals surface area contributed by atoms with Gasteiger partial charge in [0.05, 0.1) is 12.9 Å². The molecule has 0 radical (unpaired) electrons. The predicted octanol–water partition coefficient (Wildman–Crippen LogP) is 2.26. The Hall–Kier alpha value is -2.12. The van der Waals surface area contributed by atoms with Crippen LogP contribution < -0.4 is 0 Å². The Morgan fingerprint density at radius 2 is 2.31 bits per heavy atom. The second-order valence-electron chi connectivity index (χ2n) is 3.23. The first-order chi connectivity index (χ1) is 7.88. The molecular weight excluding hydrogens is 204 g/mol. The number of hydrogen-bond donors (Lipinski definition) is 0. The summed E-state index contributed by atoms with van der Waals surface area (Å²) < 4.78 is 10.6. The van der Waals surface area contributed by atoms with Crippen molar-refractivity contribution in [3.8, 4) is 6.07 Å². The van der Waals surface area contributed by atoms with Crippen LogP contribution >= 0.6 is 0 Å². The van der Waals surface area contributed by atoms with Gasteiger partial charge in [0.25, 0.3) is 0 Å². The first kappa shape index (κ1) is 10.4. The average molecular weight is 214 g/mol. The van der Waals surface area contributed by atoms with E-state index in [9.17, 15) is 0 Å². The third-order valence-corrected chi connectivity index (χ3v) is 2.03. The molecule has 0 fully saturated rings. The molecule has 80 valence electrons. The van der Waals surface area contributed by atoms with E-state index < -0.39 is 0 Å². The number of rotatable bonds is 4. The van der Waals surface area contributed by atoms with Gasteiger partial charge in [0.1, 0.15) is 24.1 Å². The summed E-state index contributed by atoms with van der Waals surface area (Å²) in [6, 6.07) is 9.19. The van der Waals surface area contributed by atoms with Crippen LogP contribution in [0.4, 0.5) is 0 Å². The third kappa shape index (κ3) is 2.69. The minimum atomic E-state index is 0.402. The second kappa shape index (κ2) is 5.10. The number of hydrogen-bond acceptors (Lipinski definition) is 4. The lowest BCUT2D eigenvalue weighted by Crippen LogP contribution is -1.94. The molecule has 0 atom stereocenters. The Kier molecular flexibility index (Phi) is 3.31.